The van der Waals surface area contributed by atoms with Crippen LogP contribution in [0.5, 0.6) is 11.5 Å². The minimum Gasteiger partial charge on any atom is -0.457 e. The maximum atomic E-state index is 7.12. The summed E-state index contributed by atoms with van der Waals surface area (Å²) in [6.45, 7) is 23.8. The fraction of sp³-hybridized carbons (Fsp3) is 0.308. The second kappa shape index (κ2) is 12.2. The van der Waals surface area contributed by atoms with Gasteiger partial charge in [0.2, 0.25) is 0 Å². The number of aromatic nitrogens is 2. The first-order chi connectivity index (χ1) is 27.1. The second-order valence-corrected chi connectivity index (χ2v) is 19.3. The van der Waals surface area contributed by atoms with Gasteiger partial charge in [-0.2, -0.15) is 0 Å². The first-order valence-electron chi connectivity index (χ1n) is 20.5. The summed E-state index contributed by atoms with van der Waals surface area (Å²) in [5.74, 6) is 2.70. The molecule has 3 aliphatic heterocycles. The predicted molar refractivity (Wildman–Crippen MR) is 235 cm³/mol. The van der Waals surface area contributed by atoms with Gasteiger partial charge < -0.3 is 9.64 Å². The monoisotopic (exact) mass is 748 g/mol. The van der Waals surface area contributed by atoms with Gasteiger partial charge in [-0.15, -0.1) is 0 Å². The van der Waals surface area contributed by atoms with Crippen molar-refractivity contribution >= 4 is 27.8 Å². The summed E-state index contributed by atoms with van der Waals surface area (Å²) in [6, 6.07) is 38.2. The maximum absolute atomic E-state index is 7.12. The fourth-order valence-corrected chi connectivity index (χ4v) is 9.71. The van der Waals surface area contributed by atoms with E-state index in [2.05, 4.69) is 182 Å². The quantitative estimate of drug-likeness (QED) is 0.180. The Morgan fingerprint density at radius 3 is 2.21 bits per heavy atom. The van der Waals surface area contributed by atoms with Gasteiger partial charge in [0.15, 0.2) is 0 Å². The summed E-state index contributed by atoms with van der Waals surface area (Å²) < 4.78 is 9.53. The van der Waals surface area contributed by atoms with Crippen molar-refractivity contribution in [2.45, 2.75) is 104 Å². The summed E-state index contributed by atoms with van der Waals surface area (Å²) in [4.78, 5) is 13.1. The van der Waals surface area contributed by atoms with Crippen LogP contribution in [0.2, 0.25) is 0 Å². The van der Waals surface area contributed by atoms with E-state index in [4.69, 9.17) is 14.7 Å². The number of aliphatic imine (C=N–C) groups is 1. The Kier molecular flexibility index (Phi) is 7.62. The molecule has 10 rings (SSSR count). The number of fused-ring (bicyclic) bond motifs is 8. The van der Waals surface area contributed by atoms with Gasteiger partial charge in [-0.1, -0.05) is 116 Å². The molecule has 0 fully saturated rings. The van der Waals surface area contributed by atoms with Gasteiger partial charge in [-0.3, -0.25) is 9.56 Å². The van der Waals surface area contributed by atoms with Crippen LogP contribution in [0.1, 0.15) is 123 Å². The van der Waals surface area contributed by atoms with Crippen LogP contribution >= 0.6 is 0 Å². The lowest BCUT2D eigenvalue weighted by atomic mass is 9.72. The van der Waals surface area contributed by atoms with Crippen molar-refractivity contribution in [1.29, 1.82) is 0 Å². The number of pyridine rings is 1. The van der Waals surface area contributed by atoms with E-state index < -0.39 is 0 Å². The Morgan fingerprint density at radius 2 is 1.46 bits per heavy atom. The van der Waals surface area contributed by atoms with E-state index >= 15 is 0 Å². The Morgan fingerprint density at radius 1 is 0.737 bits per heavy atom. The molecule has 0 unspecified atom stereocenters. The van der Waals surface area contributed by atoms with E-state index in [1.54, 1.807) is 0 Å². The van der Waals surface area contributed by atoms with Gasteiger partial charge in [-0.25, -0.2) is 4.98 Å². The summed E-state index contributed by atoms with van der Waals surface area (Å²) in [5, 5.41) is 2.50. The summed E-state index contributed by atoms with van der Waals surface area (Å²) in [7, 11) is 0. The smallest absolute Gasteiger partial charge is 0.145 e. The number of benzene rings is 5. The number of rotatable bonds is 4. The van der Waals surface area contributed by atoms with E-state index in [0.717, 1.165) is 46.3 Å². The largest absolute Gasteiger partial charge is 0.457 e. The minimum atomic E-state index is -0.241. The van der Waals surface area contributed by atoms with E-state index in [-0.39, 0.29) is 28.3 Å². The summed E-state index contributed by atoms with van der Waals surface area (Å²) in [5.41, 5.74) is 15.6. The first kappa shape index (κ1) is 35.7. The van der Waals surface area contributed by atoms with Gasteiger partial charge in [0.25, 0.3) is 0 Å². The molecule has 3 aliphatic rings. The van der Waals surface area contributed by atoms with E-state index in [0.29, 0.717) is 0 Å². The lowest BCUT2D eigenvalue weighted by molar-refractivity contribution is 0.341. The third-order valence-corrected chi connectivity index (χ3v) is 13.0. The van der Waals surface area contributed by atoms with Gasteiger partial charge in [0.05, 0.1) is 17.2 Å². The van der Waals surface area contributed by atoms with E-state index in [1.807, 2.05) is 6.20 Å². The molecule has 0 N–H and O–H groups in total. The zero-order chi connectivity index (χ0) is 39.8. The highest BCUT2D eigenvalue weighted by Gasteiger charge is 2.44. The lowest BCUT2D eigenvalue weighted by Gasteiger charge is -2.36. The van der Waals surface area contributed by atoms with Crippen LogP contribution in [0.4, 0.5) is 0 Å². The molecular formula is C52H52N4O. The Hall–Kier alpha value is -5.68. The highest BCUT2D eigenvalue weighted by Crippen LogP contribution is 2.52. The van der Waals surface area contributed by atoms with Crippen molar-refractivity contribution in [2.24, 2.45) is 4.99 Å². The van der Waals surface area contributed by atoms with Crippen LogP contribution in [-0.2, 0) is 22.8 Å². The van der Waals surface area contributed by atoms with Crippen molar-refractivity contribution in [3.05, 3.63) is 165 Å². The van der Waals surface area contributed by atoms with Crippen LogP contribution in [0.25, 0.3) is 27.6 Å². The normalized spacial score (nSPS) is 18.1. The fourth-order valence-electron chi connectivity index (χ4n) is 9.71. The molecule has 0 radical (unpaired) electrons. The van der Waals surface area contributed by atoms with Crippen molar-refractivity contribution in [2.75, 3.05) is 0 Å². The topological polar surface area (TPSA) is 42.6 Å². The molecule has 0 saturated carbocycles. The van der Waals surface area contributed by atoms with Crippen LogP contribution in [0.15, 0.2) is 114 Å². The van der Waals surface area contributed by atoms with Crippen LogP contribution in [-0.4, -0.2) is 20.3 Å². The lowest BCUT2D eigenvalue weighted by Crippen LogP contribution is -2.27. The highest BCUT2D eigenvalue weighted by molar-refractivity contribution is 6.12. The van der Waals surface area contributed by atoms with Crippen LogP contribution in [0.3, 0.4) is 0 Å². The van der Waals surface area contributed by atoms with Gasteiger partial charge in [-0.05, 0) is 111 Å². The molecule has 7 aromatic rings. The Bertz CT molecular complexity index is 2830. The molecule has 0 saturated heterocycles. The Balaban J connectivity index is 1.13. The highest BCUT2D eigenvalue weighted by atomic mass is 16.5. The predicted octanol–water partition coefficient (Wildman–Crippen LogP) is 12.9. The third kappa shape index (κ3) is 5.41. The molecule has 5 nitrogen and oxygen atoms in total. The number of aryl methyl sites for hydroxylation is 2. The number of hydrogen-bond acceptors (Lipinski definition) is 4. The second-order valence-electron chi connectivity index (χ2n) is 19.3. The molecule has 57 heavy (non-hydrogen) atoms. The van der Waals surface area contributed by atoms with Crippen LogP contribution in [0, 0.1) is 13.8 Å². The minimum absolute atomic E-state index is 0.00579. The average Bonchev–Trinajstić information content (AvgIpc) is 3.84. The SMILES string of the molecule is Cc1cc2c(cc1Oc1cc(C3=N[C@H](c4ccccc4)[C@@H]4c5ccccc5CN34)cc(C(C)(C)C)c1)-n1c3nccc(C)c3c3cc(C(C)(C)C)cc(c31)C2(C)C. The molecule has 0 bridgehead atoms. The van der Waals surface area contributed by atoms with E-state index in [1.165, 1.54) is 60.8 Å². The molecule has 2 atom stereocenters. The first-order valence-corrected chi connectivity index (χ1v) is 20.5. The van der Waals surface area contributed by atoms with Crippen molar-refractivity contribution < 1.29 is 4.74 Å². The zero-order valence-corrected chi connectivity index (χ0v) is 35.0. The third-order valence-electron chi connectivity index (χ3n) is 13.0. The Labute approximate surface area is 337 Å². The van der Waals surface area contributed by atoms with Crippen molar-refractivity contribution in [3.63, 3.8) is 0 Å². The molecule has 2 aromatic heterocycles. The van der Waals surface area contributed by atoms with Crippen molar-refractivity contribution in [3.8, 4) is 17.2 Å². The van der Waals surface area contributed by atoms with Gasteiger partial charge in [0.1, 0.15) is 29.0 Å². The van der Waals surface area contributed by atoms with Crippen LogP contribution < -0.4 is 4.74 Å². The molecular weight excluding hydrogens is 697 g/mol. The number of hydrogen-bond donors (Lipinski definition) is 0. The van der Waals surface area contributed by atoms with Gasteiger partial charge >= 0.3 is 0 Å². The molecule has 5 heterocycles. The number of nitrogens with zero attached hydrogens (tertiary/aromatic N) is 4. The van der Waals surface area contributed by atoms with E-state index in [9.17, 15) is 0 Å². The molecule has 0 spiro atoms. The standard InChI is InChI=1S/C52H52N4O/c1-30-20-21-53-49-44(30)39-26-36(51(6,7)8)27-41-46(39)56(49)42-28-43(31(2)22-40(42)52(41,9)10)57-37-24-34(23-35(25-37)50(3,4)5)48-54-45(32-16-12-11-13-17-32)47-38-19-15-14-18-33(38)29-55(47)48/h11-28,45,47H,29H2,1-10H3/t45-,47+/m1/s1. The molecule has 5 heteroatoms. The average molecular weight is 749 g/mol. The zero-order valence-electron chi connectivity index (χ0n) is 35.0. The summed E-state index contributed by atoms with van der Waals surface area (Å²) >= 11 is 0. The summed E-state index contributed by atoms with van der Waals surface area (Å²) in [6.07, 6.45) is 1.95. The number of amidine groups is 1. The molecule has 0 aliphatic carbocycles. The maximum Gasteiger partial charge on any atom is 0.145 e. The molecule has 286 valence electrons. The van der Waals surface area contributed by atoms with Crippen molar-refractivity contribution in [1.82, 2.24) is 14.5 Å². The molecule has 5 aromatic carbocycles. The number of ether oxygens (including phenoxy) is 1. The van der Waals surface area contributed by atoms with Gasteiger partial charge in [0, 0.05) is 40.6 Å². The molecule has 0 amide bonds.